The van der Waals surface area contributed by atoms with Crippen molar-refractivity contribution in [3.05, 3.63) is 156 Å². The number of benzene rings is 6. The van der Waals surface area contributed by atoms with Crippen LogP contribution in [0.25, 0.3) is 49.7 Å². The number of fused-ring (bicyclic) bond motifs is 4. The molecule has 0 aliphatic carbocycles. The Balaban J connectivity index is 1.38. The van der Waals surface area contributed by atoms with Gasteiger partial charge in [0, 0.05) is 21.9 Å². The van der Waals surface area contributed by atoms with Gasteiger partial charge in [-0.3, -0.25) is 9.59 Å². The summed E-state index contributed by atoms with van der Waals surface area (Å²) in [5.41, 5.74) is 4.78. The Morgan fingerprint density at radius 2 is 1.07 bits per heavy atom. The predicted octanol–water partition coefficient (Wildman–Crippen LogP) is 9.94. The number of hydrogen-bond donors (Lipinski definition) is 0. The molecule has 0 bridgehead atoms. The van der Waals surface area contributed by atoms with Gasteiger partial charge < -0.3 is 4.57 Å². The highest BCUT2D eigenvalue weighted by Gasteiger charge is 2.41. The summed E-state index contributed by atoms with van der Waals surface area (Å²) in [5.74, 6) is -0.975. The molecular weight excluding hydrogens is 585 g/mol. The van der Waals surface area contributed by atoms with Gasteiger partial charge in [0.15, 0.2) is 0 Å². The number of para-hydroxylation sites is 2. The number of rotatable bonds is 4. The molecule has 2 amide bonds. The number of aromatic nitrogens is 1. The molecule has 8 rings (SSSR count). The number of anilines is 1. The maximum atomic E-state index is 14.7. The maximum Gasteiger partial charge on any atom is 0.416 e. The Morgan fingerprint density at radius 3 is 1.72 bits per heavy atom. The van der Waals surface area contributed by atoms with Gasteiger partial charge in [0.2, 0.25) is 0 Å². The second-order valence-corrected chi connectivity index (χ2v) is 11.2. The van der Waals surface area contributed by atoms with Crippen molar-refractivity contribution in [1.29, 1.82) is 0 Å². The highest BCUT2D eigenvalue weighted by molar-refractivity contribution is 6.37. The molecule has 2 heterocycles. The summed E-state index contributed by atoms with van der Waals surface area (Å²) < 4.78 is 43.0. The lowest BCUT2D eigenvalue weighted by Gasteiger charge is -2.23. The van der Waals surface area contributed by atoms with E-state index in [-0.39, 0.29) is 11.1 Å². The Labute approximate surface area is 261 Å². The van der Waals surface area contributed by atoms with Crippen molar-refractivity contribution in [1.82, 2.24) is 4.57 Å². The number of imide groups is 1. The van der Waals surface area contributed by atoms with Crippen LogP contribution in [-0.2, 0) is 6.18 Å². The third kappa shape index (κ3) is 4.16. The zero-order valence-electron chi connectivity index (χ0n) is 24.1. The SMILES string of the molecule is O=C1c2cccc(-n3c4ccccc4c4cc(C(F)(F)F)ccc43)c2C(=O)N1c1c(-c2ccccc2)cccc1-c1ccccc1. The highest BCUT2D eigenvalue weighted by atomic mass is 19.4. The summed E-state index contributed by atoms with van der Waals surface area (Å²) >= 11 is 0. The van der Waals surface area contributed by atoms with E-state index in [4.69, 9.17) is 0 Å². The molecule has 6 aromatic carbocycles. The lowest BCUT2D eigenvalue weighted by Crippen LogP contribution is -2.30. The molecule has 46 heavy (non-hydrogen) atoms. The predicted molar refractivity (Wildman–Crippen MR) is 174 cm³/mol. The van der Waals surface area contributed by atoms with Crippen molar-refractivity contribution in [3.8, 4) is 27.9 Å². The third-order valence-electron chi connectivity index (χ3n) is 8.56. The Hall–Kier alpha value is -5.95. The van der Waals surface area contributed by atoms with E-state index in [0.29, 0.717) is 33.2 Å². The first-order chi connectivity index (χ1) is 22.3. The highest BCUT2D eigenvalue weighted by Crippen LogP contribution is 2.45. The summed E-state index contributed by atoms with van der Waals surface area (Å²) in [6.07, 6.45) is -4.52. The van der Waals surface area contributed by atoms with E-state index in [2.05, 4.69) is 0 Å². The van der Waals surface area contributed by atoms with Crippen LogP contribution in [0.2, 0.25) is 0 Å². The molecule has 0 fully saturated rings. The minimum absolute atomic E-state index is 0.192. The molecule has 0 spiro atoms. The van der Waals surface area contributed by atoms with E-state index in [1.54, 1.807) is 47.0 Å². The molecule has 7 aromatic rings. The van der Waals surface area contributed by atoms with Gasteiger partial charge in [-0.2, -0.15) is 13.2 Å². The van der Waals surface area contributed by atoms with Gasteiger partial charge in [0.05, 0.1) is 39.1 Å². The lowest BCUT2D eigenvalue weighted by atomic mass is 9.95. The minimum atomic E-state index is -4.52. The number of halogens is 3. The zero-order valence-corrected chi connectivity index (χ0v) is 24.1. The zero-order chi connectivity index (χ0) is 31.6. The fourth-order valence-electron chi connectivity index (χ4n) is 6.55. The summed E-state index contributed by atoms with van der Waals surface area (Å²) in [6.45, 7) is 0. The molecule has 0 unspecified atom stereocenters. The first kappa shape index (κ1) is 27.6. The topological polar surface area (TPSA) is 42.3 Å². The maximum absolute atomic E-state index is 14.7. The van der Waals surface area contributed by atoms with Crippen molar-refractivity contribution in [2.24, 2.45) is 0 Å². The van der Waals surface area contributed by atoms with Crippen molar-refractivity contribution in [2.45, 2.75) is 6.18 Å². The van der Waals surface area contributed by atoms with Crippen LogP contribution >= 0.6 is 0 Å². The van der Waals surface area contributed by atoms with Crippen molar-refractivity contribution in [2.75, 3.05) is 4.90 Å². The fraction of sp³-hybridized carbons (Fsp3) is 0.0256. The molecule has 7 heteroatoms. The molecule has 1 aliphatic heterocycles. The molecule has 0 atom stereocenters. The van der Waals surface area contributed by atoms with Crippen LogP contribution in [0.3, 0.4) is 0 Å². The molecule has 1 aromatic heterocycles. The van der Waals surface area contributed by atoms with Gasteiger partial charge in [-0.1, -0.05) is 103 Å². The normalized spacial score (nSPS) is 13.2. The van der Waals surface area contributed by atoms with Crippen LogP contribution in [0.15, 0.2) is 140 Å². The molecule has 0 saturated carbocycles. The molecule has 0 N–H and O–H groups in total. The van der Waals surface area contributed by atoms with E-state index in [1.165, 1.54) is 11.0 Å². The number of carbonyl (C=O) groups excluding carboxylic acids is 2. The molecule has 222 valence electrons. The van der Waals surface area contributed by atoms with Gasteiger partial charge in [-0.05, 0) is 47.5 Å². The number of carbonyl (C=O) groups is 2. The second kappa shape index (κ2) is 10.3. The van der Waals surface area contributed by atoms with Gasteiger partial charge >= 0.3 is 6.18 Å². The van der Waals surface area contributed by atoms with E-state index >= 15 is 0 Å². The smallest absolute Gasteiger partial charge is 0.308 e. The van der Waals surface area contributed by atoms with Crippen LogP contribution in [-0.4, -0.2) is 16.4 Å². The molecule has 0 radical (unpaired) electrons. The summed E-state index contributed by atoms with van der Waals surface area (Å²) in [4.78, 5) is 30.3. The molecular formula is C39H23F3N2O2. The van der Waals surface area contributed by atoms with Crippen LogP contribution in [0, 0.1) is 0 Å². The largest absolute Gasteiger partial charge is 0.416 e. The standard InChI is InChI=1S/C39H23F3N2O2/c40-39(41,42)26-21-22-33-31(23-26)29-15-7-8-19-32(29)43(33)34-20-10-18-30-35(34)38(46)44(37(30)45)36-27(24-11-3-1-4-12-24)16-9-17-28(36)25-13-5-2-6-14-25/h1-23H. The Kier molecular flexibility index (Phi) is 6.18. The molecule has 4 nitrogen and oxygen atoms in total. The Bertz CT molecular complexity index is 2280. The summed E-state index contributed by atoms with van der Waals surface area (Å²) in [6, 6.07) is 40.7. The van der Waals surface area contributed by atoms with E-state index < -0.39 is 23.6 Å². The van der Waals surface area contributed by atoms with Crippen LogP contribution in [0.1, 0.15) is 26.3 Å². The fourth-order valence-corrected chi connectivity index (χ4v) is 6.55. The summed E-state index contributed by atoms with van der Waals surface area (Å²) in [7, 11) is 0. The van der Waals surface area contributed by atoms with Crippen LogP contribution < -0.4 is 4.90 Å². The number of amides is 2. The van der Waals surface area contributed by atoms with Gasteiger partial charge in [0.1, 0.15) is 0 Å². The van der Waals surface area contributed by atoms with Crippen molar-refractivity contribution >= 4 is 39.3 Å². The van der Waals surface area contributed by atoms with E-state index in [0.717, 1.165) is 34.4 Å². The van der Waals surface area contributed by atoms with Crippen LogP contribution in [0.5, 0.6) is 0 Å². The monoisotopic (exact) mass is 608 g/mol. The van der Waals surface area contributed by atoms with Crippen molar-refractivity contribution in [3.63, 3.8) is 0 Å². The van der Waals surface area contributed by atoms with Crippen molar-refractivity contribution < 1.29 is 22.8 Å². The molecule has 1 aliphatic rings. The lowest BCUT2D eigenvalue weighted by molar-refractivity contribution is -0.137. The average Bonchev–Trinajstić information content (AvgIpc) is 3.55. The quantitative estimate of drug-likeness (QED) is 0.187. The number of alkyl halides is 3. The van der Waals surface area contributed by atoms with Crippen LogP contribution in [0.4, 0.5) is 18.9 Å². The first-order valence-electron chi connectivity index (χ1n) is 14.7. The van der Waals surface area contributed by atoms with Gasteiger partial charge in [0.25, 0.3) is 11.8 Å². The Morgan fingerprint density at radius 1 is 0.500 bits per heavy atom. The minimum Gasteiger partial charge on any atom is -0.308 e. The van der Waals surface area contributed by atoms with Gasteiger partial charge in [-0.15, -0.1) is 0 Å². The third-order valence-corrected chi connectivity index (χ3v) is 8.56. The van der Waals surface area contributed by atoms with E-state index in [9.17, 15) is 22.8 Å². The van der Waals surface area contributed by atoms with Gasteiger partial charge in [-0.25, -0.2) is 4.90 Å². The molecule has 0 saturated heterocycles. The number of hydrogen-bond acceptors (Lipinski definition) is 2. The second-order valence-electron chi connectivity index (χ2n) is 11.2. The first-order valence-corrected chi connectivity index (χ1v) is 14.7. The average molecular weight is 609 g/mol. The van der Waals surface area contributed by atoms with E-state index in [1.807, 2.05) is 78.9 Å². The summed E-state index contributed by atoms with van der Waals surface area (Å²) in [5, 5.41) is 1.01. The number of nitrogens with zero attached hydrogens (tertiary/aromatic N) is 2.